The molecule has 0 aliphatic heterocycles. The lowest BCUT2D eigenvalue weighted by molar-refractivity contribution is 0.112. The van der Waals surface area contributed by atoms with Gasteiger partial charge in [-0.3, -0.25) is 4.79 Å². The number of hydrogen-bond donors (Lipinski definition) is 3. The minimum atomic E-state index is 0.579. The number of carbonyl (C=O) groups is 1. The first-order valence-electron chi connectivity index (χ1n) is 5.63. The van der Waals surface area contributed by atoms with Crippen LogP contribution in [0, 0.1) is 0 Å². The van der Waals surface area contributed by atoms with E-state index in [1.165, 1.54) is 0 Å². The van der Waals surface area contributed by atoms with Gasteiger partial charge in [-0.25, -0.2) is 0 Å². The van der Waals surface area contributed by atoms with Crippen LogP contribution in [-0.4, -0.2) is 25.4 Å². The first-order valence-corrected chi connectivity index (χ1v) is 5.63. The summed E-state index contributed by atoms with van der Waals surface area (Å²) in [5.41, 5.74) is 7.80. The van der Waals surface area contributed by atoms with Crippen LogP contribution in [0.5, 0.6) is 0 Å². The third kappa shape index (κ3) is 4.70. The summed E-state index contributed by atoms with van der Waals surface area (Å²) in [6.45, 7) is 4.00. The smallest absolute Gasteiger partial charge is 0.166 e. The number of nitrogens with one attached hydrogen (secondary N) is 2. The largest absolute Gasteiger partial charge is 0.399 e. The monoisotopic (exact) mass is 235 g/mol. The molecule has 1 heterocycles. The number of H-pyrrole nitrogens is 1. The zero-order valence-electron chi connectivity index (χ0n) is 10.9. The second-order valence-electron chi connectivity index (χ2n) is 3.19. The molecule has 4 nitrogen and oxygen atoms in total. The third-order valence-corrected chi connectivity index (χ3v) is 1.79. The Morgan fingerprint density at radius 1 is 1.24 bits per heavy atom. The van der Waals surface area contributed by atoms with Gasteiger partial charge in [0.15, 0.2) is 6.29 Å². The molecule has 0 amide bonds. The first-order chi connectivity index (χ1) is 8.21. The Balaban J connectivity index is 0.000000450. The Bertz CT molecular complexity index is 449. The van der Waals surface area contributed by atoms with E-state index in [0.29, 0.717) is 11.4 Å². The van der Waals surface area contributed by atoms with Crippen LogP contribution >= 0.6 is 0 Å². The van der Waals surface area contributed by atoms with E-state index < -0.39 is 0 Å². The molecular formula is C13H21N3O. The highest BCUT2D eigenvalue weighted by molar-refractivity contribution is 5.89. The maximum atomic E-state index is 10.4. The third-order valence-electron chi connectivity index (χ3n) is 1.79. The summed E-state index contributed by atoms with van der Waals surface area (Å²) in [4.78, 5) is 13.3. The van der Waals surface area contributed by atoms with E-state index in [1.54, 1.807) is 12.1 Å². The number of benzene rings is 1. The highest BCUT2D eigenvalue weighted by Gasteiger charge is 1.98. The second kappa shape index (κ2) is 8.35. The number of aromatic amines is 1. The Kier molecular flexibility index (Phi) is 7.46. The van der Waals surface area contributed by atoms with Crippen LogP contribution in [-0.2, 0) is 0 Å². The number of anilines is 1. The van der Waals surface area contributed by atoms with Crippen molar-refractivity contribution in [2.45, 2.75) is 13.8 Å². The fraction of sp³-hybridized carbons (Fsp3) is 0.308. The minimum Gasteiger partial charge on any atom is -0.399 e. The van der Waals surface area contributed by atoms with Crippen molar-refractivity contribution in [1.29, 1.82) is 0 Å². The topological polar surface area (TPSA) is 70.9 Å². The van der Waals surface area contributed by atoms with Gasteiger partial charge in [-0.1, -0.05) is 13.8 Å². The Morgan fingerprint density at radius 2 is 1.82 bits per heavy atom. The van der Waals surface area contributed by atoms with E-state index in [9.17, 15) is 4.79 Å². The number of fused-ring (bicyclic) bond motifs is 1. The molecule has 4 N–H and O–H groups in total. The van der Waals surface area contributed by atoms with Crippen LogP contribution < -0.4 is 11.1 Å². The number of nitrogen functional groups attached to an aromatic ring is 1. The average molecular weight is 235 g/mol. The number of hydrogen-bond acceptors (Lipinski definition) is 3. The summed E-state index contributed by atoms with van der Waals surface area (Å²) in [6, 6.07) is 7.27. The molecule has 0 aliphatic carbocycles. The predicted molar refractivity (Wildman–Crippen MR) is 74.4 cm³/mol. The van der Waals surface area contributed by atoms with E-state index in [2.05, 4.69) is 10.3 Å². The molecule has 0 unspecified atom stereocenters. The van der Waals surface area contributed by atoms with Gasteiger partial charge in [0.05, 0.1) is 5.69 Å². The summed E-state index contributed by atoms with van der Waals surface area (Å²) in [5.74, 6) is 0. The molecule has 1 aromatic heterocycles. The van der Waals surface area contributed by atoms with E-state index in [1.807, 2.05) is 40.1 Å². The van der Waals surface area contributed by atoms with Crippen molar-refractivity contribution in [2.24, 2.45) is 0 Å². The molecule has 17 heavy (non-hydrogen) atoms. The molecule has 0 atom stereocenters. The fourth-order valence-corrected chi connectivity index (χ4v) is 1.24. The molecule has 0 fully saturated rings. The van der Waals surface area contributed by atoms with Gasteiger partial charge in [0, 0.05) is 16.6 Å². The van der Waals surface area contributed by atoms with Gasteiger partial charge in [0.2, 0.25) is 0 Å². The molecular weight excluding hydrogens is 214 g/mol. The van der Waals surface area contributed by atoms with Gasteiger partial charge in [0.1, 0.15) is 0 Å². The normalized spacial score (nSPS) is 8.71. The lowest BCUT2D eigenvalue weighted by Gasteiger charge is -1.90. The SMILES string of the molecule is CC.CNC.Nc1ccc2[nH]c(C=O)cc2c1. The molecule has 0 saturated carbocycles. The van der Waals surface area contributed by atoms with E-state index in [0.717, 1.165) is 17.2 Å². The number of aromatic nitrogens is 1. The van der Waals surface area contributed by atoms with Crippen molar-refractivity contribution in [3.8, 4) is 0 Å². The molecule has 94 valence electrons. The number of aldehydes is 1. The predicted octanol–water partition coefficient (Wildman–Crippen LogP) is 2.42. The molecule has 1 aromatic carbocycles. The minimum absolute atomic E-state index is 0.579. The molecule has 0 saturated heterocycles. The number of rotatable bonds is 1. The molecule has 2 rings (SSSR count). The average Bonchev–Trinajstić information content (AvgIpc) is 2.74. The number of carbonyl (C=O) groups excluding carboxylic acids is 1. The number of nitrogens with two attached hydrogens (primary N) is 1. The maximum absolute atomic E-state index is 10.4. The summed E-state index contributed by atoms with van der Waals surface area (Å²) < 4.78 is 0. The van der Waals surface area contributed by atoms with Crippen LogP contribution in [0.4, 0.5) is 5.69 Å². The van der Waals surface area contributed by atoms with Gasteiger partial charge in [-0.05, 0) is 38.4 Å². The Hall–Kier alpha value is -1.81. The lowest BCUT2D eigenvalue weighted by Crippen LogP contribution is -1.89. The van der Waals surface area contributed by atoms with Crippen LogP contribution in [0.1, 0.15) is 24.3 Å². The molecule has 0 aliphatic rings. The zero-order chi connectivity index (χ0) is 13.3. The summed E-state index contributed by atoms with van der Waals surface area (Å²) >= 11 is 0. The lowest BCUT2D eigenvalue weighted by atomic mass is 10.2. The van der Waals surface area contributed by atoms with Gasteiger partial charge in [-0.2, -0.15) is 0 Å². The fourth-order valence-electron chi connectivity index (χ4n) is 1.24. The van der Waals surface area contributed by atoms with Gasteiger partial charge in [-0.15, -0.1) is 0 Å². The summed E-state index contributed by atoms with van der Waals surface area (Å²) in [7, 11) is 3.75. The Morgan fingerprint density at radius 3 is 2.35 bits per heavy atom. The van der Waals surface area contributed by atoms with Crippen molar-refractivity contribution in [2.75, 3.05) is 19.8 Å². The summed E-state index contributed by atoms with van der Waals surface area (Å²) in [5, 5.41) is 3.72. The zero-order valence-corrected chi connectivity index (χ0v) is 10.9. The molecule has 0 radical (unpaired) electrons. The second-order valence-corrected chi connectivity index (χ2v) is 3.19. The molecule has 0 bridgehead atoms. The van der Waals surface area contributed by atoms with Gasteiger partial charge in [0.25, 0.3) is 0 Å². The standard InChI is InChI=1S/C9H8N2O.C2H7N.C2H6/c10-7-1-2-9-6(3-7)4-8(5-12)11-9;1-3-2;1-2/h1-5,11H,10H2;3H,1-2H3;1-2H3. The van der Waals surface area contributed by atoms with Gasteiger partial charge < -0.3 is 16.0 Å². The highest BCUT2D eigenvalue weighted by Crippen LogP contribution is 2.17. The van der Waals surface area contributed by atoms with Crippen molar-refractivity contribution in [3.63, 3.8) is 0 Å². The van der Waals surface area contributed by atoms with Crippen LogP contribution in [0.2, 0.25) is 0 Å². The van der Waals surface area contributed by atoms with Crippen LogP contribution in [0.15, 0.2) is 24.3 Å². The van der Waals surface area contributed by atoms with Crippen molar-refractivity contribution in [3.05, 3.63) is 30.0 Å². The van der Waals surface area contributed by atoms with Crippen molar-refractivity contribution < 1.29 is 4.79 Å². The molecule has 2 aromatic rings. The van der Waals surface area contributed by atoms with E-state index >= 15 is 0 Å². The van der Waals surface area contributed by atoms with Crippen LogP contribution in [0.3, 0.4) is 0 Å². The summed E-state index contributed by atoms with van der Waals surface area (Å²) in [6.07, 6.45) is 0.788. The van der Waals surface area contributed by atoms with Crippen molar-refractivity contribution >= 4 is 22.9 Å². The van der Waals surface area contributed by atoms with Crippen molar-refractivity contribution in [1.82, 2.24) is 10.3 Å². The van der Waals surface area contributed by atoms with E-state index in [-0.39, 0.29) is 0 Å². The van der Waals surface area contributed by atoms with E-state index in [4.69, 9.17) is 5.73 Å². The highest BCUT2D eigenvalue weighted by atomic mass is 16.1. The van der Waals surface area contributed by atoms with Crippen LogP contribution in [0.25, 0.3) is 10.9 Å². The molecule has 0 spiro atoms. The maximum Gasteiger partial charge on any atom is 0.166 e. The molecule has 4 heteroatoms. The first kappa shape index (κ1) is 15.2. The quantitative estimate of drug-likeness (QED) is 0.525. The van der Waals surface area contributed by atoms with Gasteiger partial charge >= 0.3 is 0 Å². The Labute approximate surface area is 102 Å².